The molecule has 1 aliphatic rings. The van der Waals surface area contributed by atoms with Crippen LogP contribution in [0.25, 0.3) is 16.8 Å². The number of amides is 2. The Morgan fingerprint density at radius 2 is 1.72 bits per heavy atom. The Balaban J connectivity index is 1.38. The van der Waals surface area contributed by atoms with E-state index in [0.717, 1.165) is 38.1 Å². The van der Waals surface area contributed by atoms with Crippen LogP contribution in [0.1, 0.15) is 16.7 Å². The summed E-state index contributed by atoms with van der Waals surface area (Å²) in [5, 5.41) is 2.72. The summed E-state index contributed by atoms with van der Waals surface area (Å²) >= 11 is 16.5. The summed E-state index contributed by atoms with van der Waals surface area (Å²) in [4.78, 5) is 27.3. The molecule has 36 heavy (non-hydrogen) atoms. The molecule has 0 aliphatic carbocycles. The van der Waals surface area contributed by atoms with Crippen LogP contribution in [0, 0.1) is 0 Å². The molecular formula is C28H18BrCl2NO3S. The smallest absolute Gasteiger partial charge is 0.293 e. The van der Waals surface area contributed by atoms with Crippen molar-refractivity contribution in [1.82, 2.24) is 4.90 Å². The minimum absolute atomic E-state index is 0.113. The van der Waals surface area contributed by atoms with E-state index in [4.69, 9.17) is 27.9 Å². The molecule has 0 radical (unpaired) electrons. The van der Waals surface area contributed by atoms with Gasteiger partial charge >= 0.3 is 0 Å². The van der Waals surface area contributed by atoms with Gasteiger partial charge in [-0.05, 0) is 70.1 Å². The number of fused-ring (bicyclic) bond motifs is 1. The van der Waals surface area contributed by atoms with E-state index in [2.05, 4.69) is 34.1 Å². The standard InChI is InChI=1S/C28H18BrCl2NO3S/c29-21-9-11-25(35-16-19-6-3-5-18-4-1-2-7-22(18)19)20(13-21)14-26-27(33)32(28(34)36-26)15-17-8-10-23(30)24(31)12-17/h1-14H,15-16H2/b26-14-. The minimum Gasteiger partial charge on any atom is -0.488 e. The van der Waals surface area contributed by atoms with Crippen LogP contribution in [0.2, 0.25) is 10.0 Å². The Morgan fingerprint density at radius 1 is 0.917 bits per heavy atom. The average Bonchev–Trinajstić information content (AvgIpc) is 3.13. The van der Waals surface area contributed by atoms with Gasteiger partial charge in [-0.25, -0.2) is 0 Å². The van der Waals surface area contributed by atoms with Crippen LogP contribution in [-0.2, 0) is 17.9 Å². The van der Waals surface area contributed by atoms with Crippen LogP contribution < -0.4 is 4.74 Å². The maximum absolute atomic E-state index is 13.1. The molecule has 1 saturated heterocycles. The monoisotopic (exact) mass is 597 g/mol. The van der Waals surface area contributed by atoms with E-state index in [0.29, 0.717) is 32.9 Å². The van der Waals surface area contributed by atoms with Crippen molar-refractivity contribution in [2.75, 3.05) is 0 Å². The van der Waals surface area contributed by atoms with Crippen LogP contribution in [0.5, 0.6) is 5.75 Å². The quantitative estimate of drug-likeness (QED) is 0.208. The summed E-state index contributed by atoms with van der Waals surface area (Å²) in [5.74, 6) is 0.249. The lowest BCUT2D eigenvalue weighted by molar-refractivity contribution is -0.123. The number of benzene rings is 4. The fraction of sp³-hybridized carbons (Fsp3) is 0.0714. The topological polar surface area (TPSA) is 46.6 Å². The zero-order valence-electron chi connectivity index (χ0n) is 18.7. The number of thioether (sulfide) groups is 1. The zero-order chi connectivity index (χ0) is 25.2. The van der Waals surface area contributed by atoms with Crippen molar-refractivity contribution in [2.45, 2.75) is 13.2 Å². The first-order valence-corrected chi connectivity index (χ1v) is 13.3. The van der Waals surface area contributed by atoms with Crippen molar-refractivity contribution in [2.24, 2.45) is 0 Å². The number of rotatable bonds is 6. The molecule has 1 fully saturated rings. The van der Waals surface area contributed by atoms with Gasteiger partial charge in [-0.2, -0.15) is 0 Å². The third kappa shape index (κ3) is 5.32. The van der Waals surface area contributed by atoms with Crippen molar-refractivity contribution in [1.29, 1.82) is 0 Å². The largest absolute Gasteiger partial charge is 0.488 e. The molecule has 0 atom stereocenters. The third-order valence-electron chi connectivity index (χ3n) is 5.72. The number of nitrogens with zero attached hydrogens (tertiary/aromatic N) is 1. The Hall–Kier alpha value is -2.77. The molecule has 1 heterocycles. The second kappa shape index (κ2) is 10.7. The maximum atomic E-state index is 13.1. The number of carbonyl (C=O) groups excluding carboxylic acids is 2. The number of carbonyl (C=O) groups is 2. The number of hydrogen-bond acceptors (Lipinski definition) is 4. The minimum atomic E-state index is -0.365. The van der Waals surface area contributed by atoms with Gasteiger partial charge in [-0.3, -0.25) is 14.5 Å². The number of ether oxygens (including phenoxy) is 1. The SMILES string of the molecule is O=C1S/C(=C\c2cc(Br)ccc2OCc2cccc3ccccc23)C(=O)N1Cc1ccc(Cl)c(Cl)c1. The highest BCUT2D eigenvalue weighted by Crippen LogP contribution is 2.36. The Kier molecular flexibility index (Phi) is 7.39. The first-order valence-electron chi connectivity index (χ1n) is 11.0. The molecule has 0 spiro atoms. The Labute approximate surface area is 231 Å². The van der Waals surface area contributed by atoms with Crippen molar-refractivity contribution in [3.8, 4) is 5.75 Å². The van der Waals surface area contributed by atoms with Crippen LogP contribution in [0.3, 0.4) is 0 Å². The molecule has 0 saturated carbocycles. The van der Waals surface area contributed by atoms with Gasteiger partial charge in [0.25, 0.3) is 11.1 Å². The molecule has 4 nitrogen and oxygen atoms in total. The predicted octanol–water partition coefficient (Wildman–Crippen LogP) is 8.72. The summed E-state index contributed by atoms with van der Waals surface area (Å²) in [5.41, 5.74) is 2.48. The molecular weight excluding hydrogens is 581 g/mol. The molecule has 0 aromatic heterocycles. The second-order valence-electron chi connectivity index (χ2n) is 8.13. The molecule has 0 bridgehead atoms. The van der Waals surface area contributed by atoms with Gasteiger partial charge in [-0.1, -0.05) is 87.7 Å². The van der Waals surface area contributed by atoms with E-state index in [1.54, 1.807) is 24.3 Å². The fourth-order valence-electron chi connectivity index (χ4n) is 3.94. The highest BCUT2D eigenvalue weighted by atomic mass is 79.9. The van der Waals surface area contributed by atoms with Crippen LogP contribution >= 0.6 is 50.9 Å². The molecule has 0 unspecified atom stereocenters. The zero-order valence-corrected chi connectivity index (χ0v) is 22.6. The van der Waals surface area contributed by atoms with E-state index in [-0.39, 0.29) is 17.7 Å². The summed E-state index contributed by atoms with van der Waals surface area (Å²) in [7, 11) is 0. The Morgan fingerprint density at radius 3 is 2.56 bits per heavy atom. The molecule has 180 valence electrons. The first kappa shape index (κ1) is 24.9. The van der Waals surface area contributed by atoms with E-state index in [1.807, 2.05) is 42.5 Å². The molecule has 4 aromatic rings. The van der Waals surface area contributed by atoms with Crippen molar-refractivity contribution >= 4 is 78.9 Å². The summed E-state index contributed by atoms with van der Waals surface area (Å²) in [6.45, 7) is 0.477. The lowest BCUT2D eigenvalue weighted by atomic mass is 10.1. The summed E-state index contributed by atoms with van der Waals surface area (Å²) in [6.07, 6.45) is 1.70. The normalized spacial score (nSPS) is 14.8. The molecule has 4 aromatic carbocycles. The van der Waals surface area contributed by atoms with Crippen molar-refractivity contribution < 1.29 is 14.3 Å². The molecule has 5 rings (SSSR count). The molecule has 2 amide bonds. The number of halogens is 3. The molecule has 0 N–H and O–H groups in total. The van der Waals surface area contributed by atoms with Gasteiger partial charge in [0.1, 0.15) is 12.4 Å². The maximum Gasteiger partial charge on any atom is 0.293 e. The van der Waals surface area contributed by atoms with Crippen molar-refractivity contribution in [3.63, 3.8) is 0 Å². The van der Waals surface area contributed by atoms with E-state index < -0.39 is 0 Å². The van der Waals surface area contributed by atoms with E-state index in [9.17, 15) is 9.59 Å². The van der Waals surface area contributed by atoms with Crippen LogP contribution in [0.4, 0.5) is 4.79 Å². The van der Waals surface area contributed by atoms with Gasteiger partial charge in [0, 0.05) is 10.0 Å². The van der Waals surface area contributed by atoms with Crippen molar-refractivity contribution in [3.05, 3.63) is 115 Å². The van der Waals surface area contributed by atoms with Gasteiger partial charge in [0.05, 0.1) is 21.5 Å². The van der Waals surface area contributed by atoms with Gasteiger partial charge in [-0.15, -0.1) is 0 Å². The average molecular weight is 599 g/mol. The fourth-order valence-corrected chi connectivity index (χ4v) is 5.46. The molecule has 8 heteroatoms. The van der Waals surface area contributed by atoms with E-state index >= 15 is 0 Å². The summed E-state index contributed by atoms with van der Waals surface area (Å²) < 4.78 is 7.03. The highest BCUT2D eigenvalue weighted by Gasteiger charge is 2.35. The van der Waals surface area contributed by atoms with Gasteiger partial charge < -0.3 is 4.74 Å². The lowest BCUT2D eigenvalue weighted by Crippen LogP contribution is -2.27. The van der Waals surface area contributed by atoms with Gasteiger partial charge in [0.15, 0.2) is 0 Å². The number of hydrogen-bond donors (Lipinski definition) is 0. The van der Waals surface area contributed by atoms with E-state index in [1.165, 1.54) is 4.90 Å². The highest BCUT2D eigenvalue weighted by molar-refractivity contribution is 9.10. The Bertz CT molecular complexity index is 1530. The molecule has 1 aliphatic heterocycles. The second-order valence-corrected chi connectivity index (χ2v) is 10.8. The lowest BCUT2D eigenvalue weighted by Gasteiger charge is -2.13. The summed E-state index contributed by atoms with van der Waals surface area (Å²) in [6, 6.07) is 24.9. The first-order chi connectivity index (χ1) is 17.4. The van der Waals surface area contributed by atoms with Gasteiger partial charge in [0.2, 0.25) is 0 Å². The number of imide groups is 1. The van der Waals surface area contributed by atoms with Crippen LogP contribution in [-0.4, -0.2) is 16.0 Å². The predicted molar refractivity (Wildman–Crippen MR) is 150 cm³/mol. The van der Waals surface area contributed by atoms with Crippen LogP contribution in [0.15, 0.2) is 88.2 Å². The third-order valence-corrected chi connectivity index (χ3v) is 7.86.